The van der Waals surface area contributed by atoms with Gasteiger partial charge in [0.15, 0.2) is 5.78 Å². The van der Waals surface area contributed by atoms with E-state index in [4.69, 9.17) is 5.73 Å². The lowest BCUT2D eigenvalue weighted by molar-refractivity contribution is -0.130. The van der Waals surface area contributed by atoms with Crippen molar-refractivity contribution in [2.24, 2.45) is 11.1 Å². The third-order valence-corrected chi connectivity index (χ3v) is 1.54. The summed E-state index contributed by atoms with van der Waals surface area (Å²) in [4.78, 5) is 11.1. The summed E-state index contributed by atoms with van der Waals surface area (Å²) in [5, 5.41) is 0. The summed E-state index contributed by atoms with van der Waals surface area (Å²) in [5.74, 6) is 0.0532. The fourth-order valence-electron chi connectivity index (χ4n) is 0.440. The molecule has 0 rings (SSSR count). The van der Waals surface area contributed by atoms with Crippen molar-refractivity contribution in [1.29, 1.82) is 0 Å². The normalized spacial score (nSPS) is 11.6. The first-order valence-corrected chi connectivity index (χ1v) is 3.27. The van der Waals surface area contributed by atoms with Gasteiger partial charge in [-0.25, -0.2) is 0 Å². The van der Waals surface area contributed by atoms with Crippen LogP contribution >= 0.6 is 0 Å². The van der Waals surface area contributed by atoms with Gasteiger partial charge in [-0.05, 0) is 0 Å². The van der Waals surface area contributed by atoms with Crippen LogP contribution in [0.2, 0.25) is 0 Å². The number of ether oxygens (including phenoxy) is 1. The minimum atomic E-state index is -0.435. The largest absolute Gasteiger partial charge is 0.377 e. The molecule has 0 atom stereocenters. The van der Waals surface area contributed by atoms with Crippen molar-refractivity contribution in [3.05, 3.63) is 0 Å². The van der Waals surface area contributed by atoms with E-state index < -0.39 is 5.41 Å². The summed E-state index contributed by atoms with van der Waals surface area (Å²) in [6.45, 7) is 4.15. The molecule has 2 N–H and O–H groups in total. The van der Waals surface area contributed by atoms with E-state index in [1.54, 1.807) is 0 Å². The molecular formula is C7H15NO2. The summed E-state index contributed by atoms with van der Waals surface area (Å²) in [5.41, 5.74) is 4.93. The van der Waals surface area contributed by atoms with Crippen LogP contribution in [0.5, 0.6) is 0 Å². The highest BCUT2D eigenvalue weighted by atomic mass is 16.5. The summed E-state index contributed by atoms with van der Waals surface area (Å²) in [6, 6.07) is 0. The zero-order valence-corrected chi connectivity index (χ0v) is 6.81. The smallest absolute Gasteiger partial charge is 0.165 e. The van der Waals surface area contributed by atoms with Crippen LogP contribution in [0, 0.1) is 5.41 Å². The van der Waals surface area contributed by atoms with E-state index in [0.29, 0.717) is 6.54 Å². The van der Waals surface area contributed by atoms with Crippen LogP contribution in [0.15, 0.2) is 0 Å². The van der Waals surface area contributed by atoms with Gasteiger partial charge < -0.3 is 10.5 Å². The zero-order chi connectivity index (χ0) is 8.20. The van der Waals surface area contributed by atoms with Crippen LogP contribution in [0.3, 0.4) is 0 Å². The Morgan fingerprint density at radius 1 is 1.60 bits per heavy atom. The second kappa shape index (κ2) is 3.68. The average Bonchev–Trinajstić information content (AvgIpc) is 1.89. The van der Waals surface area contributed by atoms with Crippen molar-refractivity contribution in [2.75, 3.05) is 20.3 Å². The van der Waals surface area contributed by atoms with Gasteiger partial charge >= 0.3 is 0 Å². The molecule has 0 aliphatic carbocycles. The molecule has 0 spiro atoms. The molecule has 0 bridgehead atoms. The predicted octanol–water partition coefficient (Wildman–Crippen LogP) is 0.187. The Hall–Kier alpha value is -0.410. The van der Waals surface area contributed by atoms with Gasteiger partial charge in [0.25, 0.3) is 0 Å². The van der Waals surface area contributed by atoms with E-state index in [9.17, 15) is 4.79 Å². The zero-order valence-electron chi connectivity index (χ0n) is 6.81. The molecule has 0 aromatic rings. The monoisotopic (exact) mass is 145 g/mol. The molecule has 0 aliphatic rings. The third kappa shape index (κ3) is 2.45. The van der Waals surface area contributed by atoms with Gasteiger partial charge in [0, 0.05) is 19.1 Å². The minimum absolute atomic E-state index is 0.0532. The van der Waals surface area contributed by atoms with Crippen LogP contribution < -0.4 is 5.73 Å². The number of ketones is 1. The molecule has 0 radical (unpaired) electrons. The van der Waals surface area contributed by atoms with Gasteiger partial charge in [-0.2, -0.15) is 0 Å². The molecule has 0 heterocycles. The second-order valence-electron chi connectivity index (χ2n) is 2.94. The Morgan fingerprint density at radius 2 is 2.10 bits per heavy atom. The number of carbonyl (C=O) groups excluding carboxylic acids is 1. The highest BCUT2D eigenvalue weighted by Crippen LogP contribution is 2.13. The Labute approximate surface area is 61.5 Å². The van der Waals surface area contributed by atoms with Gasteiger partial charge in [0.2, 0.25) is 0 Å². The molecule has 0 unspecified atom stereocenters. The quantitative estimate of drug-likeness (QED) is 0.614. The first-order chi connectivity index (χ1) is 4.54. The maximum Gasteiger partial charge on any atom is 0.165 e. The molecule has 3 heteroatoms. The topological polar surface area (TPSA) is 52.3 Å². The van der Waals surface area contributed by atoms with E-state index >= 15 is 0 Å². The number of rotatable bonds is 4. The molecule has 10 heavy (non-hydrogen) atoms. The van der Waals surface area contributed by atoms with Crippen LogP contribution in [-0.2, 0) is 9.53 Å². The first kappa shape index (κ1) is 9.59. The highest BCUT2D eigenvalue weighted by Gasteiger charge is 2.24. The Bertz CT molecular complexity index is 121. The van der Waals surface area contributed by atoms with Crippen molar-refractivity contribution in [3.63, 3.8) is 0 Å². The lowest BCUT2D eigenvalue weighted by atomic mass is 9.89. The fraction of sp³-hybridized carbons (Fsp3) is 0.857. The van der Waals surface area contributed by atoms with Gasteiger partial charge in [-0.1, -0.05) is 13.8 Å². The lowest BCUT2D eigenvalue weighted by Crippen LogP contribution is -2.35. The van der Waals surface area contributed by atoms with Crippen LogP contribution in [0.1, 0.15) is 13.8 Å². The maximum absolute atomic E-state index is 11.1. The number of carbonyl (C=O) groups is 1. The SMILES string of the molecule is COCC(=O)C(C)(C)CN. The maximum atomic E-state index is 11.1. The molecule has 0 aliphatic heterocycles. The van der Waals surface area contributed by atoms with Crippen LogP contribution in [-0.4, -0.2) is 26.0 Å². The van der Waals surface area contributed by atoms with Crippen molar-refractivity contribution in [1.82, 2.24) is 0 Å². The van der Waals surface area contributed by atoms with Crippen molar-refractivity contribution in [2.45, 2.75) is 13.8 Å². The molecule has 60 valence electrons. The second-order valence-corrected chi connectivity index (χ2v) is 2.94. The average molecular weight is 145 g/mol. The molecule has 0 amide bonds. The number of Topliss-reactive ketones (excluding diaryl/α,β-unsaturated/α-hetero) is 1. The Kier molecular flexibility index (Phi) is 3.53. The summed E-state index contributed by atoms with van der Waals surface area (Å²) < 4.78 is 4.69. The van der Waals surface area contributed by atoms with Gasteiger partial charge in [-0.15, -0.1) is 0 Å². The molecule has 0 aromatic carbocycles. The molecule has 3 nitrogen and oxygen atoms in total. The molecule has 0 aromatic heterocycles. The molecule has 0 saturated carbocycles. The molecular weight excluding hydrogens is 130 g/mol. The van der Waals surface area contributed by atoms with Gasteiger partial charge in [-0.3, -0.25) is 4.79 Å². The van der Waals surface area contributed by atoms with E-state index in [1.165, 1.54) is 7.11 Å². The van der Waals surface area contributed by atoms with E-state index in [-0.39, 0.29) is 12.4 Å². The van der Waals surface area contributed by atoms with E-state index in [0.717, 1.165) is 0 Å². The Morgan fingerprint density at radius 3 is 2.40 bits per heavy atom. The standard InChI is InChI=1S/C7H15NO2/c1-7(2,5-8)6(9)4-10-3/h4-5,8H2,1-3H3. The summed E-state index contributed by atoms with van der Waals surface area (Å²) in [6.07, 6.45) is 0. The van der Waals surface area contributed by atoms with Crippen molar-refractivity contribution >= 4 is 5.78 Å². The van der Waals surface area contributed by atoms with Gasteiger partial charge in [0.05, 0.1) is 0 Å². The van der Waals surface area contributed by atoms with Gasteiger partial charge in [0.1, 0.15) is 6.61 Å². The van der Waals surface area contributed by atoms with Crippen molar-refractivity contribution in [3.8, 4) is 0 Å². The predicted molar refractivity (Wildman–Crippen MR) is 39.7 cm³/mol. The summed E-state index contributed by atoms with van der Waals surface area (Å²) >= 11 is 0. The molecule has 0 fully saturated rings. The van der Waals surface area contributed by atoms with E-state index in [1.807, 2.05) is 13.8 Å². The number of hydrogen-bond acceptors (Lipinski definition) is 3. The fourth-order valence-corrected chi connectivity index (χ4v) is 0.440. The third-order valence-electron chi connectivity index (χ3n) is 1.54. The Balaban J connectivity index is 3.91. The van der Waals surface area contributed by atoms with E-state index in [2.05, 4.69) is 4.74 Å². The molecule has 0 saturated heterocycles. The summed E-state index contributed by atoms with van der Waals surface area (Å²) in [7, 11) is 1.50. The highest BCUT2D eigenvalue weighted by molar-refractivity contribution is 5.85. The van der Waals surface area contributed by atoms with Crippen LogP contribution in [0.25, 0.3) is 0 Å². The number of methoxy groups -OCH3 is 1. The number of nitrogens with two attached hydrogens (primary N) is 1. The van der Waals surface area contributed by atoms with Crippen LogP contribution in [0.4, 0.5) is 0 Å². The lowest BCUT2D eigenvalue weighted by Gasteiger charge is -2.19. The minimum Gasteiger partial charge on any atom is -0.377 e. The first-order valence-electron chi connectivity index (χ1n) is 3.27. The number of hydrogen-bond donors (Lipinski definition) is 1. The van der Waals surface area contributed by atoms with Crippen molar-refractivity contribution < 1.29 is 9.53 Å².